The highest BCUT2D eigenvalue weighted by Gasteiger charge is 2.22. The van der Waals surface area contributed by atoms with Gasteiger partial charge >= 0.3 is 0 Å². The van der Waals surface area contributed by atoms with E-state index in [1.54, 1.807) is 6.92 Å². The van der Waals surface area contributed by atoms with Crippen LogP contribution < -0.4 is 4.72 Å². The molecule has 18 heavy (non-hydrogen) atoms. The maximum Gasteiger partial charge on any atom is 0.240 e. The largest absolute Gasteiger partial charge is 0.389 e. The summed E-state index contributed by atoms with van der Waals surface area (Å²) in [4.78, 5) is -0.138. The molecule has 0 heterocycles. The van der Waals surface area contributed by atoms with E-state index in [2.05, 4.69) is 4.72 Å². The molecule has 0 saturated heterocycles. The first-order chi connectivity index (χ1) is 8.18. The molecule has 0 bridgehead atoms. The number of benzene rings is 1. The van der Waals surface area contributed by atoms with Crippen LogP contribution in [-0.4, -0.2) is 25.7 Å². The first kappa shape index (κ1) is 15.4. The molecule has 1 atom stereocenters. The lowest BCUT2D eigenvalue weighted by Gasteiger charge is -2.21. The van der Waals surface area contributed by atoms with Gasteiger partial charge in [0.25, 0.3) is 0 Å². The summed E-state index contributed by atoms with van der Waals surface area (Å²) in [7, 11) is -3.80. The second-order valence-corrected chi connectivity index (χ2v) is 6.43. The highest BCUT2D eigenvalue weighted by Crippen LogP contribution is 2.19. The molecule has 4 nitrogen and oxygen atoms in total. The highest BCUT2D eigenvalue weighted by atomic mass is 35.5. The summed E-state index contributed by atoms with van der Waals surface area (Å²) in [6.07, 6.45) is 0.402. The minimum atomic E-state index is -3.80. The average Bonchev–Trinajstić information content (AvgIpc) is 2.30. The van der Waals surface area contributed by atoms with Gasteiger partial charge in [0, 0.05) is 6.54 Å². The van der Waals surface area contributed by atoms with Crippen LogP contribution in [0.1, 0.15) is 20.3 Å². The molecule has 0 amide bonds. The zero-order chi connectivity index (χ0) is 14.0. The first-order valence-corrected chi connectivity index (χ1v) is 7.21. The molecule has 1 aromatic carbocycles. The Morgan fingerprint density at radius 1 is 1.50 bits per heavy atom. The van der Waals surface area contributed by atoms with E-state index < -0.39 is 21.4 Å². The van der Waals surface area contributed by atoms with Crippen molar-refractivity contribution < 1.29 is 17.9 Å². The topological polar surface area (TPSA) is 66.4 Å². The molecular weight excluding hydrogens is 281 g/mol. The molecule has 0 aliphatic rings. The van der Waals surface area contributed by atoms with E-state index in [-0.39, 0.29) is 16.5 Å². The summed E-state index contributed by atoms with van der Waals surface area (Å²) >= 11 is 5.52. The number of hydrogen-bond donors (Lipinski definition) is 2. The van der Waals surface area contributed by atoms with Gasteiger partial charge in [0.1, 0.15) is 5.82 Å². The number of nitrogens with one attached hydrogen (secondary N) is 1. The van der Waals surface area contributed by atoms with Crippen molar-refractivity contribution in [2.24, 2.45) is 0 Å². The van der Waals surface area contributed by atoms with Gasteiger partial charge in [-0.2, -0.15) is 0 Å². The van der Waals surface area contributed by atoms with Crippen molar-refractivity contribution in [3.05, 3.63) is 29.0 Å². The molecule has 1 aromatic rings. The Hall–Kier alpha value is -0.690. The van der Waals surface area contributed by atoms with Crippen LogP contribution in [0.2, 0.25) is 5.02 Å². The van der Waals surface area contributed by atoms with Crippen LogP contribution in [0.15, 0.2) is 23.1 Å². The monoisotopic (exact) mass is 295 g/mol. The third-order valence-corrected chi connectivity index (χ3v) is 4.29. The van der Waals surface area contributed by atoms with Gasteiger partial charge in [-0.3, -0.25) is 0 Å². The van der Waals surface area contributed by atoms with Crippen LogP contribution >= 0.6 is 11.6 Å². The lowest BCUT2D eigenvalue weighted by atomic mass is 10.1. The van der Waals surface area contributed by atoms with Crippen molar-refractivity contribution in [3.8, 4) is 0 Å². The molecule has 0 saturated carbocycles. The van der Waals surface area contributed by atoms with Gasteiger partial charge in [0.15, 0.2) is 0 Å². The minimum absolute atomic E-state index is 0.124. The van der Waals surface area contributed by atoms with Gasteiger partial charge in [-0.05, 0) is 31.5 Å². The average molecular weight is 296 g/mol. The zero-order valence-corrected chi connectivity index (χ0v) is 11.6. The van der Waals surface area contributed by atoms with Crippen molar-refractivity contribution in [2.75, 3.05) is 6.54 Å². The number of halogens is 2. The maximum atomic E-state index is 12.9. The van der Waals surface area contributed by atoms with E-state index in [4.69, 9.17) is 11.6 Å². The van der Waals surface area contributed by atoms with Crippen molar-refractivity contribution in [2.45, 2.75) is 30.8 Å². The maximum absolute atomic E-state index is 12.9. The molecule has 1 unspecified atom stereocenters. The Bertz CT molecular complexity index is 531. The Kier molecular flexibility index (Phi) is 4.72. The van der Waals surface area contributed by atoms with Crippen molar-refractivity contribution in [1.82, 2.24) is 4.72 Å². The highest BCUT2D eigenvalue weighted by molar-refractivity contribution is 7.89. The van der Waals surface area contributed by atoms with Crippen molar-refractivity contribution in [3.63, 3.8) is 0 Å². The SMILES string of the molecule is CCC(C)(O)CNS(=O)(=O)c1ccc(F)c(Cl)c1. The number of hydrogen-bond acceptors (Lipinski definition) is 3. The van der Waals surface area contributed by atoms with Crippen molar-refractivity contribution in [1.29, 1.82) is 0 Å². The molecule has 0 fully saturated rings. The van der Waals surface area contributed by atoms with Gasteiger partial charge in [0.05, 0.1) is 15.5 Å². The molecule has 0 radical (unpaired) electrons. The fourth-order valence-corrected chi connectivity index (χ4v) is 2.54. The van der Waals surface area contributed by atoms with Gasteiger partial charge in [-0.25, -0.2) is 17.5 Å². The molecular formula is C11H15ClFNO3S. The molecule has 0 aliphatic carbocycles. The predicted molar refractivity (Wildman–Crippen MR) is 67.5 cm³/mol. The van der Waals surface area contributed by atoms with Crippen LogP contribution in [0.4, 0.5) is 4.39 Å². The van der Waals surface area contributed by atoms with E-state index in [1.807, 2.05) is 0 Å². The Balaban J connectivity index is 2.90. The fourth-order valence-electron chi connectivity index (χ4n) is 1.10. The number of sulfonamides is 1. The van der Waals surface area contributed by atoms with E-state index in [1.165, 1.54) is 6.92 Å². The summed E-state index contributed by atoms with van der Waals surface area (Å²) in [6, 6.07) is 3.12. The third-order valence-electron chi connectivity index (χ3n) is 2.61. The Morgan fingerprint density at radius 3 is 2.61 bits per heavy atom. The second kappa shape index (κ2) is 5.52. The fraction of sp³-hybridized carbons (Fsp3) is 0.455. The summed E-state index contributed by atoms with van der Waals surface area (Å²) in [5.74, 6) is -0.684. The quantitative estimate of drug-likeness (QED) is 0.872. The molecule has 1 rings (SSSR count). The van der Waals surface area contributed by atoms with E-state index in [0.29, 0.717) is 6.42 Å². The molecule has 7 heteroatoms. The van der Waals surface area contributed by atoms with Gasteiger partial charge < -0.3 is 5.11 Å². The molecule has 0 aromatic heterocycles. The smallest absolute Gasteiger partial charge is 0.240 e. The van der Waals surface area contributed by atoms with Crippen LogP contribution in [0, 0.1) is 5.82 Å². The standard InChI is InChI=1S/C11H15ClFNO3S/c1-3-11(2,15)7-14-18(16,17)8-4-5-10(13)9(12)6-8/h4-6,14-15H,3,7H2,1-2H3. The molecule has 102 valence electrons. The second-order valence-electron chi connectivity index (χ2n) is 4.25. The van der Waals surface area contributed by atoms with Crippen LogP contribution in [0.5, 0.6) is 0 Å². The third kappa shape index (κ3) is 3.91. The van der Waals surface area contributed by atoms with Crippen LogP contribution in [0.25, 0.3) is 0 Å². The summed E-state index contributed by atoms with van der Waals surface area (Å²) < 4.78 is 38.9. The lowest BCUT2D eigenvalue weighted by Crippen LogP contribution is -2.40. The van der Waals surface area contributed by atoms with Crippen molar-refractivity contribution >= 4 is 21.6 Å². The Morgan fingerprint density at radius 2 is 2.11 bits per heavy atom. The van der Waals surface area contributed by atoms with E-state index in [0.717, 1.165) is 18.2 Å². The molecule has 0 spiro atoms. The minimum Gasteiger partial charge on any atom is -0.389 e. The summed E-state index contributed by atoms with van der Waals surface area (Å²) in [6.45, 7) is 3.14. The zero-order valence-electron chi connectivity index (χ0n) is 10.1. The lowest BCUT2D eigenvalue weighted by molar-refractivity contribution is 0.0613. The van der Waals surface area contributed by atoms with E-state index >= 15 is 0 Å². The van der Waals surface area contributed by atoms with Crippen LogP contribution in [-0.2, 0) is 10.0 Å². The summed E-state index contributed by atoms with van der Waals surface area (Å²) in [5, 5.41) is 9.46. The number of aliphatic hydroxyl groups is 1. The Labute approximate surface area is 111 Å². The number of rotatable bonds is 5. The molecule has 0 aliphatic heterocycles. The normalized spacial score (nSPS) is 15.4. The van der Waals surface area contributed by atoms with Crippen LogP contribution in [0.3, 0.4) is 0 Å². The first-order valence-electron chi connectivity index (χ1n) is 5.35. The van der Waals surface area contributed by atoms with E-state index in [9.17, 15) is 17.9 Å². The van der Waals surface area contributed by atoms with Gasteiger partial charge in [0.2, 0.25) is 10.0 Å². The summed E-state index contributed by atoms with van der Waals surface area (Å²) in [5.41, 5.74) is -1.13. The van der Waals surface area contributed by atoms with Gasteiger partial charge in [-0.1, -0.05) is 18.5 Å². The predicted octanol–water partition coefficient (Wildman–Crippen LogP) is 1.92. The molecule has 2 N–H and O–H groups in total. The van der Waals surface area contributed by atoms with Gasteiger partial charge in [-0.15, -0.1) is 0 Å².